The van der Waals surface area contributed by atoms with Crippen molar-refractivity contribution in [2.45, 2.75) is 46.0 Å². The predicted octanol–water partition coefficient (Wildman–Crippen LogP) is 3.48. The first-order valence-electron chi connectivity index (χ1n) is 11.3. The summed E-state index contributed by atoms with van der Waals surface area (Å²) in [5, 5.41) is 16.1. The molecule has 3 heterocycles. The Morgan fingerprint density at radius 1 is 1.03 bits per heavy atom. The summed E-state index contributed by atoms with van der Waals surface area (Å²) >= 11 is 0. The number of rotatable bonds is 9. The van der Waals surface area contributed by atoms with E-state index < -0.39 is 0 Å². The Kier molecular flexibility index (Phi) is 7.03. The molecule has 1 N–H and O–H groups in total. The number of fused-ring (bicyclic) bond motifs is 1. The molecule has 3 aromatic rings. The maximum absolute atomic E-state index is 12.7. The Labute approximate surface area is 187 Å². The van der Waals surface area contributed by atoms with Gasteiger partial charge in [-0.25, -0.2) is 0 Å². The summed E-state index contributed by atoms with van der Waals surface area (Å²) < 4.78 is 12.9. The number of carbonyl (C=O) groups is 1. The molecule has 9 nitrogen and oxygen atoms in total. The van der Waals surface area contributed by atoms with Gasteiger partial charge in [0.15, 0.2) is 11.5 Å². The smallest absolute Gasteiger partial charge is 0.224 e. The lowest BCUT2D eigenvalue weighted by molar-refractivity contribution is -0.116. The molecule has 1 aliphatic heterocycles. The Hall–Kier alpha value is -3.36. The van der Waals surface area contributed by atoms with Crippen LogP contribution in [0.3, 0.4) is 0 Å². The van der Waals surface area contributed by atoms with Crippen molar-refractivity contribution in [2.24, 2.45) is 0 Å². The number of aromatic nitrogens is 4. The average Bonchev–Trinajstić information content (AvgIpc) is 3.22. The van der Waals surface area contributed by atoms with Gasteiger partial charge in [0, 0.05) is 32.0 Å². The highest BCUT2D eigenvalue weighted by Crippen LogP contribution is 2.29. The zero-order valence-electron chi connectivity index (χ0n) is 18.7. The normalized spacial score (nSPS) is 13.9. The molecule has 1 aromatic carbocycles. The van der Waals surface area contributed by atoms with Gasteiger partial charge in [0.2, 0.25) is 5.91 Å². The van der Waals surface area contributed by atoms with Gasteiger partial charge in [-0.3, -0.25) is 4.79 Å². The maximum atomic E-state index is 12.7. The lowest BCUT2D eigenvalue weighted by Gasteiger charge is -2.27. The van der Waals surface area contributed by atoms with Gasteiger partial charge in [-0.2, -0.15) is 4.52 Å². The Balaban J connectivity index is 1.44. The molecular formula is C23H30N6O3. The topological polar surface area (TPSA) is 93.9 Å². The number of piperidine rings is 1. The minimum Gasteiger partial charge on any atom is -0.494 e. The molecular weight excluding hydrogens is 408 g/mol. The highest BCUT2D eigenvalue weighted by molar-refractivity contribution is 5.92. The van der Waals surface area contributed by atoms with Crippen LogP contribution < -0.4 is 19.7 Å². The van der Waals surface area contributed by atoms with Gasteiger partial charge in [-0.15, -0.1) is 15.3 Å². The van der Waals surface area contributed by atoms with Gasteiger partial charge in [-0.05, 0) is 57.4 Å². The third-order valence-corrected chi connectivity index (χ3v) is 5.41. The molecule has 0 radical (unpaired) electrons. The fraction of sp³-hybridized carbons (Fsp3) is 0.478. The second-order valence-electron chi connectivity index (χ2n) is 7.70. The fourth-order valence-electron chi connectivity index (χ4n) is 3.85. The molecule has 2 aromatic heterocycles. The Morgan fingerprint density at radius 2 is 1.84 bits per heavy atom. The molecule has 9 heteroatoms. The molecule has 0 atom stereocenters. The highest BCUT2D eigenvalue weighted by atomic mass is 16.5. The second kappa shape index (κ2) is 10.3. The first-order chi connectivity index (χ1) is 15.7. The zero-order chi connectivity index (χ0) is 22.3. The molecule has 1 saturated heterocycles. The lowest BCUT2D eigenvalue weighted by Crippen LogP contribution is -2.30. The van der Waals surface area contributed by atoms with Crippen LogP contribution in [0, 0.1) is 0 Å². The van der Waals surface area contributed by atoms with Crippen LogP contribution in [0.25, 0.3) is 5.65 Å². The van der Waals surface area contributed by atoms with Crippen LogP contribution in [-0.4, -0.2) is 52.0 Å². The lowest BCUT2D eigenvalue weighted by atomic mass is 10.1. The van der Waals surface area contributed by atoms with E-state index in [1.165, 1.54) is 19.3 Å². The highest BCUT2D eigenvalue weighted by Gasteiger charge is 2.16. The molecule has 0 spiro atoms. The molecule has 1 amide bonds. The van der Waals surface area contributed by atoms with Gasteiger partial charge < -0.3 is 19.7 Å². The largest absolute Gasteiger partial charge is 0.494 e. The molecule has 32 heavy (non-hydrogen) atoms. The summed E-state index contributed by atoms with van der Waals surface area (Å²) in [5.74, 6) is 2.76. The summed E-state index contributed by atoms with van der Waals surface area (Å²) in [7, 11) is 0. The van der Waals surface area contributed by atoms with Gasteiger partial charge in [-0.1, -0.05) is 0 Å². The van der Waals surface area contributed by atoms with Crippen molar-refractivity contribution in [2.75, 3.05) is 36.5 Å². The van der Waals surface area contributed by atoms with Crippen molar-refractivity contribution < 1.29 is 14.3 Å². The monoisotopic (exact) mass is 438 g/mol. The third-order valence-electron chi connectivity index (χ3n) is 5.41. The fourth-order valence-corrected chi connectivity index (χ4v) is 3.85. The van der Waals surface area contributed by atoms with Crippen LogP contribution in [0.1, 0.15) is 45.4 Å². The van der Waals surface area contributed by atoms with Crippen LogP contribution in [0.5, 0.6) is 11.5 Å². The second-order valence-corrected chi connectivity index (χ2v) is 7.70. The quantitative estimate of drug-likeness (QED) is 0.547. The van der Waals surface area contributed by atoms with E-state index in [-0.39, 0.29) is 12.3 Å². The predicted molar refractivity (Wildman–Crippen MR) is 123 cm³/mol. The third kappa shape index (κ3) is 5.09. The summed E-state index contributed by atoms with van der Waals surface area (Å²) in [6, 6.07) is 9.35. The summed E-state index contributed by atoms with van der Waals surface area (Å²) in [6.07, 6.45) is 4.32. The van der Waals surface area contributed by atoms with Crippen molar-refractivity contribution >= 4 is 23.1 Å². The zero-order valence-corrected chi connectivity index (χ0v) is 18.7. The molecule has 170 valence electrons. The number of hydrogen-bond acceptors (Lipinski definition) is 7. The number of anilines is 2. The molecule has 0 saturated carbocycles. The van der Waals surface area contributed by atoms with Gasteiger partial charge in [0.25, 0.3) is 0 Å². The van der Waals surface area contributed by atoms with E-state index in [1.807, 2.05) is 38.1 Å². The molecule has 0 unspecified atom stereocenters. The van der Waals surface area contributed by atoms with Crippen molar-refractivity contribution in [3.8, 4) is 11.5 Å². The summed E-state index contributed by atoms with van der Waals surface area (Å²) in [5.41, 5.74) is 1.28. The number of carbonyl (C=O) groups excluding carboxylic acids is 1. The number of nitrogens with one attached hydrogen (secondary N) is 1. The average molecular weight is 439 g/mol. The first kappa shape index (κ1) is 21.9. The van der Waals surface area contributed by atoms with Gasteiger partial charge >= 0.3 is 0 Å². The van der Waals surface area contributed by atoms with Gasteiger partial charge in [0.05, 0.1) is 18.9 Å². The van der Waals surface area contributed by atoms with Crippen molar-refractivity contribution in [1.29, 1.82) is 0 Å². The van der Waals surface area contributed by atoms with Crippen LogP contribution in [0.4, 0.5) is 11.5 Å². The standard InChI is InChI=1S/C23H30N6O3/c1-3-31-17-8-9-19(32-4-2)18(16-17)24-23(30)13-12-21-26-25-20-10-11-22(27-29(20)21)28-14-6-5-7-15-28/h8-11,16H,3-7,12-15H2,1-2H3,(H,24,30). The van der Waals surface area contributed by atoms with Crippen LogP contribution in [0.15, 0.2) is 30.3 Å². The summed E-state index contributed by atoms with van der Waals surface area (Å²) in [6.45, 7) is 6.91. The molecule has 1 aliphatic rings. The minimum absolute atomic E-state index is 0.136. The van der Waals surface area contributed by atoms with Gasteiger partial charge in [0.1, 0.15) is 17.3 Å². The number of hydrogen-bond donors (Lipinski definition) is 1. The van der Waals surface area contributed by atoms with E-state index in [9.17, 15) is 4.79 Å². The number of amides is 1. The maximum Gasteiger partial charge on any atom is 0.224 e. The first-order valence-corrected chi connectivity index (χ1v) is 11.3. The number of ether oxygens (including phenoxy) is 2. The molecule has 4 rings (SSSR count). The van der Waals surface area contributed by atoms with E-state index in [0.29, 0.717) is 48.3 Å². The Morgan fingerprint density at radius 3 is 2.62 bits per heavy atom. The van der Waals surface area contributed by atoms with E-state index in [2.05, 4.69) is 20.4 Å². The van der Waals surface area contributed by atoms with E-state index in [0.717, 1.165) is 18.9 Å². The number of benzene rings is 1. The molecule has 1 fully saturated rings. The SMILES string of the molecule is CCOc1ccc(OCC)c(NC(=O)CCc2nnc3ccc(N4CCCCC4)nn23)c1. The summed E-state index contributed by atoms with van der Waals surface area (Å²) in [4.78, 5) is 15.0. The minimum atomic E-state index is -0.136. The number of aryl methyl sites for hydroxylation is 1. The van der Waals surface area contributed by atoms with Crippen molar-refractivity contribution in [1.82, 2.24) is 19.8 Å². The van der Waals surface area contributed by atoms with Crippen molar-refractivity contribution in [3.63, 3.8) is 0 Å². The van der Waals surface area contributed by atoms with Crippen molar-refractivity contribution in [3.05, 3.63) is 36.2 Å². The number of nitrogens with zero attached hydrogens (tertiary/aromatic N) is 5. The van der Waals surface area contributed by atoms with Crippen LogP contribution in [0.2, 0.25) is 0 Å². The van der Waals surface area contributed by atoms with E-state index in [4.69, 9.17) is 14.6 Å². The van der Waals surface area contributed by atoms with E-state index in [1.54, 1.807) is 10.6 Å². The Bertz CT molecular complexity index is 1060. The van der Waals surface area contributed by atoms with E-state index >= 15 is 0 Å². The van der Waals surface area contributed by atoms with Crippen LogP contribution in [-0.2, 0) is 11.2 Å². The molecule has 0 bridgehead atoms. The van der Waals surface area contributed by atoms with Crippen LogP contribution >= 0.6 is 0 Å². The molecule has 0 aliphatic carbocycles.